The van der Waals surface area contributed by atoms with Crippen molar-refractivity contribution >= 4 is 16.7 Å². The smallest absolute Gasteiger partial charge is 0.195 e. The summed E-state index contributed by atoms with van der Waals surface area (Å²) in [5.41, 5.74) is 4.62. The van der Waals surface area contributed by atoms with Gasteiger partial charge in [0.15, 0.2) is 5.78 Å². The highest BCUT2D eigenvalue weighted by Crippen LogP contribution is 2.33. The molecule has 1 heterocycles. The van der Waals surface area contributed by atoms with Crippen LogP contribution in [0.25, 0.3) is 10.9 Å². The highest BCUT2D eigenvalue weighted by molar-refractivity contribution is 6.17. The maximum Gasteiger partial charge on any atom is 0.195 e. The summed E-state index contributed by atoms with van der Waals surface area (Å²) < 4.78 is 8.60. The van der Waals surface area contributed by atoms with Crippen LogP contribution >= 0.6 is 0 Å². The normalized spacial score (nSPS) is 12.2. The Kier molecular flexibility index (Phi) is 6.10. The van der Waals surface area contributed by atoms with E-state index in [2.05, 4.69) is 29.7 Å². The highest BCUT2D eigenvalue weighted by Gasteiger charge is 2.24. The zero-order valence-corrected chi connectivity index (χ0v) is 17.5. The minimum absolute atomic E-state index is 0.0568. The van der Waals surface area contributed by atoms with E-state index in [1.165, 1.54) is 0 Å². The summed E-state index contributed by atoms with van der Waals surface area (Å²) in [5, 5.41) is 0.980. The van der Waals surface area contributed by atoms with Crippen molar-refractivity contribution in [3.63, 3.8) is 0 Å². The molecule has 0 amide bonds. The van der Waals surface area contributed by atoms with Gasteiger partial charge in [0.25, 0.3) is 0 Å². The number of carbonyl (C=O) groups is 1. The lowest BCUT2D eigenvalue weighted by molar-refractivity contribution is -0.0138. The molecule has 30 heavy (non-hydrogen) atoms. The summed E-state index contributed by atoms with van der Waals surface area (Å²) in [7, 11) is 0. The van der Waals surface area contributed by atoms with Gasteiger partial charge in [0.1, 0.15) is 6.23 Å². The minimum atomic E-state index is -0.127. The van der Waals surface area contributed by atoms with Gasteiger partial charge < -0.3 is 9.30 Å². The SMILES string of the molecule is CCCC(OCc1ccccc1)n1c(C)c(C(=O)c2ccccc2)c2ccccc21. The number of ketones is 1. The van der Waals surface area contributed by atoms with Gasteiger partial charge in [-0.3, -0.25) is 4.79 Å². The highest BCUT2D eigenvalue weighted by atomic mass is 16.5. The van der Waals surface area contributed by atoms with E-state index >= 15 is 0 Å². The van der Waals surface area contributed by atoms with E-state index in [9.17, 15) is 4.79 Å². The second kappa shape index (κ2) is 9.10. The Balaban J connectivity index is 1.77. The van der Waals surface area contributed by atoms with Gasteiger partial charge in [-0.2, -0.15) is 0 Å². The molecular formula is C27H27NO2. The van der Waals surface area contributed by atoms with Crippen LogP contribution in [0.1, 0.15) is 53.2 Å². The average Bonchev–Trinajstić information content (AvgIpc) is 3.09. The summed E-state index contributed by atoms with van der Waals surface area (Å²) in [6, 6.07) is 27.9. The standard InChI is InChI=1S/C27H27NO2/c1-3-12-25(30-19-21-13-6-4-7-14-21)28-20(2)26(23-17-10-11-18-24(23)28)27(29)22-15-8-5-9-16-22/h4-11,13-18,25H,3,12,19H2,1-2H3. The zero-order chi connectivity index (χ0) is 20.9. The molecule has 0 aliphatic carbocycles. The number of hydrogen-bond donors (Lipinski definition) is 0. The van der Waals surface area contributed by atoms with Crippen molar-refractivity contribution < 1.29 is 9.53 Å². The van der Waals surface area contributed by atoms with Crippen molar-refractivity contribution in [3.05, 3.63) is 107 Å². The van der Waals surface area contributed by atoms with Crippen LogP contribution in [0.5, 0.6) is 0 Å². The summed E-state index contributed by atoms with van der Waals surface area (Å²) >= 11 is 0. The molecule has 0 aliphatic heterocycles. The number of ether oxygens (including phenoxy) is 1. The Morgan fingerprint density at radius 3 is 2.23 bits per heavy atom. The second-order valence-corrected chi connectivity index (χ2v) is 7.58. The molecule has 1 unspecified atom stereocenters. The fourth-order valence-corrected chi connectivity index (χ4v) is 4.08. The van der Waals surface area contributed by atoms with Crippen LogP contribution in [0.4, 0.5) is 0 Å². The molecule has 4 aromatic rings. The van der Waals surface area contributed by atoms with Crippen LogP contribution in [-0.4, -0.2) is 10.4 Å². The third kappa shape index (κ3) is 3.94. The lowest BCUT2D eigenvalue weighted by Crippen LogP contribution is -2.15. The van der Waals surface area contributed by atoms with E-state index in [1.807, 2.05) is 73.7 Å². The van der Waals surface area contributed by atoms with Gasteiger partial charge in [-0.05, 0) is 25.0 Å². The van der Waals surface area contributed by atoms with Crippen molar-refractivity contribution in [3.8, 4) is 0 Å². The largest absolute Gasteiger partial charge is 0.353 e. The van der Waals surface area contributed by atoms with Crippen molar-refractivity contribution in [2.24, 2.45) is 0 Å². The summed E-state index contributed by atoms with van der Waals surface area (Å²) in [6.45, 7) is 4.74. The van der Waals surface area contributed by atoms with Crippen LogP contribution in [0.2, 0.25) is 0 Å². The number of fused-ring (bicyclic) bond motifs is 1. The fraction of sp³-hybridized carbons (Fsp3) is 0.222. The quantitative estimate of drug-likeness (QED) is 0.310. The van der Waals surface area contributed by atoms with Crippen LogP contribution in [-0.2, 0) is 11.3 Å². The fourth-order valence-electron chi connectivity index (χ4n) is 4.08. The first-order chi connectivity index (χ1) is 14.7. The molecule has 0 fully saturated rings. The van der Waals surface area contributed by atoms with Gasteiger partial charge in [0.05, 0.1) is 17.7 Å². The van der Waals surface area contributed by atoms with Gasteiger partial charge in [-0.15, -0.1) is 0 Å². The number of benzene rings is 3. The average molecular weight is 398 g/mol. The molecule has 152 valence electrons. The number of carbonyl (C=O) groups excluding carboxylic acids is 1. The Hall–Kier alpha value is -3.17. The zero-order valence-electron chi connectivity index (χ0n) is 17.5. The lowest BCUT2D eigenvalue weighted by atomic mass is 10.0. The van der Waals surface area contributed by atoms with Gasteiger partial charge in [-0.1, -0.05) is 92.2 Å². The molecule has 0 radical (unpaired) electrons. The predicted octanol–water partition coefficient (Wildman–Crippen LogP) is 6.70. The molecule has 0 bridgehead atoms. The molecule has 1 atom stereocenters. The summed E-state index contributed by atoms with van der Waals surface area (Å²) in [5.74, 6) is 0.0568. The molecule has 3 nitrogen and oxygen atoms in total. The van der Waals surface area contributed by atoms with Gasteiger partial charge in [0, 0.05) is 16.6 Å². The maximum atomic E-state index is 13.4. The molecule has 1 aromatic heterocycles. The molecule has 0 aliphatic rings. The molecule has 3 aromatic carbocycles. The number of nitrogens with zero attached hydrogens (tertiary/aromatic N) is 1. The van der Waals surface area contributed by atoms with Crippen molar-refractivity contribution in [2.75, 3.05) is 0 Å². The van der Waals surface area contributed by atoms with Crippen LogP contribution in [0.3, 0.4) is 0 Å². The monoisotopic (exact) mass is 397 g/mol. The third-order valence-corrected chi connectivity index (χ3v) is 5.53. The first kappa shape index (κ1) is 20.1. The molecule has 4 rings (SSSR count). The van der Waals surface area contributed by atoms with Crippen LogP contribution < -0.4 is 0 Å². The van der Waals surface area contributed by atoms with E-state index in [0.717, 1.165) is 40.6 Å². The molecule has 3 heteroatoms. The number of hydrogen-bond acceptors (Lipinski definition) is 2. The minimum Gasteiger partial charge on any atom is -0.353 e. The van der Waals surface area contributed by atoms with Crippen molar-refractivity contribution in [2.45, 2.75) is 39.5 Å². The lowest BCUT2D eigenvalue weighted by Gasteiger charge is -2.22. The Labute approximate surface area is 177 Å². The van der Waals surface area contributed by atoms with E-state index in [4.69, 9.17) is 4.74 Å². The van der Waals surface area contributed by atoms with Gasteiger partial charge in [0.2, 0.25) is 0 Å². The Morgan fingerprint density at radius 2 is 1.53 bits per heavy atom. The van der Waals surface area contributed by atoms with Gasteiger partial charge >= 0.3 is 0 Å². The number of aromatic nitrogens is 1. The number of rotatable bonds is 8. The first-order valence-corrected chi connectivity index (χ1v) is 10.6. The van der Waals surface area contributed by atoms with Crippen molar-refractivity contribution in [1.82, 2.24) is 4.57 Å². The topological polar surface area (TPSA) is 31.2 Å². The third-order valence-electron chi connectivity index (χ3n) is 5.53. The van der Waals surface area contributed by atoms with Crippen molar-refractivity contribution in [1.29, 1.82) is 0 Å². The van der Waals surface area contributed by atoms with E-state index < -0.39 is 0 Å². The van der Waals surface area contributed by atoms with E-state index in [1.54, 1.807) is 0 Å². The first-order valence-electron chi connectivity index (χ1n) is 10.6. The van der Waals surface area contributed by atoms with Crippen LogP contribution in [0, 0.1) is 6.92 Å². The Morgan fingerprint density at radius 1 is 0.900 bits per heavy atom. The molecular weight excluding hydrogens is 370 g/mol. The molecule has 0 saturated heterocycles. The Bertz CT molecular complexity index is 1130. The maximum absolute atomic E-state index is 13.4. The van der Waals surface area contributed by atoms with Crippen LogP contribution in [0.15, 0.2) is 84.9 Å². The molecule has 0 saturated carbocycles. The summed E-state index contributed by atoms with van der Waals surface area (Å²) in [6.07, 6.45) is 1.75. The number of para-hydroxylation sites is 1. The van der Waals surface area contributed by atoms with Gasteiger partial charge in [-0.25, -0.2) is 0 Å². The van der Waals surface area contributed by atoms with E-state index in [-0.39, 0.29) is 12.0 Å². The second-order valence-electron chi connectivity index (χ2n) is 7.58. The molecule has 0 spiro atoms. The molecule has 0 N–H and O–H groups in total. The summed E-state index contributed by atoms with van der Waals surface area (Å²) in [4.78, 5) is 13.4. The van der Waals surface area contributed by atoms with E-state index in [0.29, 0.717) is 12.2 Å². The predicted molar refractivity (Wildman–Crippen MR) is 122 cm³/mol.